The summed E-state index contributed by atoms with van der Waals surface area (Å²) in [6.45, 7) is 6.73. The lowest BCUT2D eigenvalue weighted by atomic mass is 10.1. The lowest BCUT2D eigenvalue weighted by Crippen LogP contribution is -2.42. The Kier molecular flexibility index (Phi) is 6.16. The molecule has 0 fully saturated rings. The molecule has 0 aliphatic rings. The van der Waals surface area contributed by atoms with Gasteiger partial charge in [-0.25, -0.2) is 4.79 Å². The Bertz CT molecular complexity index is 798. The average Bonchev–Trinajstić information content (AvgIpc) is 3.12. The van der Waals surface area contributed by atoms with E-state index in [0.717, 1.165) is 11.1 Å². The van der Waals surface area contributed by atoms with Gasteiger partial charge in [0.1, 0.15) is 6.04 Å². The lowest BCUT2D eigenvalue weighted by Gasteiger charge is -2.18. The van der Waals surface area contributed by atoms with Crippen molar-refractivity contribution in [1.82, 2.24) is 5.32 Å². The topological polar surface area (TPSA) is 97.6 Å². The summed E-state index contributed by atoms with van der Waals surface area (Å²) in [5.41, 5.74) is 2.57. The highest BCUT2D eigenvalue weighted by atomic mass is 16.5. The smallest absolute Gasteiger partial charge is 0.329 e. The number of carbonyl (C=O) groups is 3. The monoisotopic (exact) mass is 358 g/mol. The molecule has 2 N–H and O–H groups in total. The van der Waals surface area contributed by atoms with Crippen LogP contribution in [0.1, 0.15) is 35.5 Å². The number of hydrogen-bond acceptors (Lipinski definition) is 5. The fourth-order valence-corrected chi connectivity index (χ4v) is 2.17. The third kappa shape index (κ3) is 4.95. The predicted octanol–water partition coefficient (Wildman–Crippen LogP) is 2.59. The van der Waals surface area contributed by atoms with Crippen LogP contribution in [0.25, 0.3) is 0 Å². The largest absolute Gasteiger partial charge is 0.459 e. The van der Waals surface area contributed by atoms with Gasteiger partial charge < -0.3 is 19.8 Å². The minimum Gasteiger partial charge on any atom is -0.459 e. The van der Waals surface area contributed by atoms with Crippen LogP contribution in [0.4, 0.5) is 5.69 Å². The summed E-state index contributed by atoms with van der Waals surface area (Å²) in [6, 6.07) is 7.80. The number of benzene rings is 1. The third-order valence-corrected chi connectivity index (χ3v) is 3.76. The van der Waals surface area contributed by atoms with E-state index in [1.807, 2.05) is 32.0 Å². The number of aryl methyl sites for hydroxylation is 2. The van der Waals surface area contributed by atoms with E-state index in [2.05, 4.69) is 10.6 Å². The maximum Gasteiger partial charge on any atom is 0.329 e. The summed E-state index contributed by atoms with van der Waals surface area (Å²) in [5, 5.41) is 5.19. The van der Waals surface area contributed by atoms with E-state index in [-0.39, 0.29) is 5.76 Å². The highest BCUT2D eigenvalue weighted by molar-refractivity contribution is 5.97. The average molecular weight is 358 g/mol. The van der Waals surface area contributed by atoms with Gasteiger partial charge in [0.2, 0.25) is 0 Å². The second kappa shape index (κ2) is 8.33. The number of carbonyl (C=O) groups excluding carboxylic acids is 3. The Balaban J connectivity index is 1.90. The normalized spacial score (nSPS) is 12.8. The van der Waals surface area contributed by atoms with Crippen molar-refractivity contribution in [3.63, 3.8) is 0 Å². The molecule has 2 aromatic rings. The van der Waals surface area contributed by atoms with Crippen molar-refractivity contribution in [2.75, 3.05) is 5.32 Å². The molecule has 2 atom stereocenters. The van der Waals surface area contributed by atoms with Gasteiger partial charge >= 0.3 is 5.97 Å². The quantitative estimate of drug-likeness (QED) is 0.774. The summed E-state index contributed by atoms with van der Waals surface area (Å²) in [5.74, 6) is -1.61. The van der Waals surface area contributed by atoms with Crippen molar-refractivity contribution < 1.29 is 23.5 Å². The molecule has 7 heteroatoms. The van der Waals surface area contributed by atoms with Gasteiger partial charge in [-0.1, -0.05) is 12.1 Å². The Morgan fingerprint density at radius 2 is 1.85 bits per heavy atom. The van der Waals surface area contributed by atoms with Crippen LogP contribution in [-0.4, -0.2) is 29.9 Å². The molecule has 2 amide bonds. The summed E-state index contributed by atoms with van der Waals surface area (Å²) in [7, 11) is 0. The zero-order valence-corrected chi connectivity index (χ0v) is 15.2. The van der Waals surface area contributed by atoms with Crippen molar-refractivity contribution in [3.05, 3.63) is 53.5 Å². The van der Waals surface area contributed by atoms with Crippen LogP contribution in [0.3, 0.4) is 0 Å². The van der Waals surface area contributed by atoms with Gasteiger partial charge in [0, 0.05) is 5.69 Å². The number of rotatable bonds is 6. The second-order valence-electron chi connectivity index (χ2n) is 6.06. The van der Waals surface area contributed by atoms with Gasteiger partial charge in [-0.2, -0.15) is 0 Å². The summed E-state index contributed by atoms with van der Waals surface area (Å²) < 4.78 is 10.1. The maximum absolute atomic E-state index is 12.3. The molecule has 0 saturated carbocycles. The van der Waals surface area contributed by atoms with Crippen LogP contribution in [0, 0.1) is 13.8 Å². The molecule has 138 valence electrons. The second-order valence-corrected chi connectivity index (χ2v) is 6.06. The van der Waals surface area contributed by atoms with E-state index in [1.54, 1.807) is 6.07 Å². The van der Waals surface area contributed by atoms with E-state index >= 15 is 0 Å². The first-order valence-electron chi connectivity index (χ1n) is 8.21. The van der Waals surface area contributed by atoms with Crippen molar-refractivity contribution in [3.8, 4) is 0 Å². The highest BCUT2D eigenvalue weighted by Gasteiger charge is 2.24. The zero-order valence-electron chi connectivity index (χ0n) is 15.2. The van der Waals surface area contributed by atoms with Crippen LogP contribution in [0.15, 0.2) is 41.0 Å². The Labute approximate surface area is 151 Å². The van der Waals surface area contributed by atoms with E-state index in [9.17, 15) is 14.4 Å². The van der Waals surface area contributed by atoms with E-state index in [1.165, 1.54) is 26.2 Å². The van der Waals surface area contributed by atoms with Gasteiger partial charge in [-0.3, -0.25) is 9.59 Å². The molecule has 26 heavy (non-hydrogen) atoms. The van der Waals surface area contributed by atoms with Crippen LogP contribution in [0.2, 0.25) is 0 Å². The Morgan fingerprint density at radius 3 is 2.50 bits per heavy atom. The number of nitrogens with one attached hydrogen (secondary N) is 2. The van der Waals surface area contributed by atoms with Crippen molar-refractivity contribution in [2.45, 2.75) is 39.8 Å². The van der Waals surface area contributed by atoms with Crippen LogP contribution in [0.5, 0.6) is 0 Å². The molecule has 0 aliphatic heterocycles. The molecular weight excluding hydrogens is 336 g/mol. The maximum atomic E-state index is 12.3. The molecule has 0 aliphatic carbocycles. The van der Waals surface area contributed by atoms with Gasteiger partial charge in [0.05, 0.1) is 6.26 Å². The van der Waals surface area contributed by atoms with Gasteiger partial charge in [0.15, 0.2) is 11.9 Å². The molecular formula is C19H22N2O5. The molecule has 1 aromatic carbocycles. The first-order chi connectivity index (χ1) is 12.3. The molecule has 0 spiro atoms. The molecule has 7 nitrogen and oxygen atoms in total. The first kappa shape index (κ1) is 19.2. The molecule has 2 rings (SSSR count). The van der Waals surface area contributed by atoms with E-state index in [4.69, 9.17) is 9.15 Å². The third-order valence-electron chi connectivity index (χ3n) is 3.76. The zero-order chi connectivity index (χ0) is 19.3. The summed E-state index contributed by atoms with van der Waals surface area (Å²) in [4.78, 5) is 36.2. The molecule has 0 radical (unpaired) electrons. The van der Waals surface area contributed by atoms with E-state index < -0.39 is 29.9 Å². The number of esters is 1. The minimum atomic E-state index is -1.01. The summed E-state index contributed by atoms with van der Waals surface area (Å²) in [6.07, 6.45) is 0.350. The Hall–Kier alpha value is -3.09. The number of anilines is 1. The van der Waals surface area contributed by atoms with E-state index in [0.29, 0.717) is 5.69 Å². The first-order valence-corrected chi connectivity index (χ1v) is 8.21. The molecule has 1 heterocycles. The van der Waals surface area contributed by atoms with Crippen molar-refractivity contribution in [2.24, 2.45) is 0 Å². The fraction of sp³-hybridized carbons (Fsp3) is 0.316. The van der Waals surface area contributed by atoms with Gasteiger partial charge in [-0.15, -0.1) is 0 Å². The number of hydrogen-bond donors (Lipinski definition) is 2. The van der Waals surface area contributed by atoms with Crippen molar-refractivity contribution >= 4 is 23.5 Å². The van der Waals surface area contributed by atoms with Crippen molar-refractivity contribution in [1.29, 1.82) is 0 Å². The lowest BCUT2D eigenvalue weighted by molar-refractivity contribution is -0.154. The molecule has 0 unspecified atom stereocenters. The fourth-order valence-electron chi connectivity index (χ4n) is 2.17. The number of furan rings is 1. The molecule has 0 saturated heterocycles. The number of amides is 2. The van der Waals surface area contributed by atoms with Crippen LogP contribution < -0.4 is 10.6 Å². The predicted molar refractivity (Wildman–Crippen MR) is 95.7 cm³/mol. The minimum absolute atomic E-state index is 0.0883. The summed E-state index contributed by atoms with van der Waals surface area (Å²) >= 11 is 0. The van der Waals surface area contributed by atoms with Gasteiger partial charge in [-0.05, 0) is 57.0 Å². The van der Waals surface area contributed by atoms with Crippen LogP contribution >= 0.6 is 0 Å². The highest BCUT2D eigenvalue weighted by Crippen LogP contribution is 2.17. The standard InChI is InChI=1S/C19H22N2O5/c1-11-7-8-12(2)15(10-11)21-17(22)14(4)26-19(24)13(3)20-18(23)16-6-5-9-25-16/h5-10,13-14H,1-4H3,(H,20,23)(H,21,22)/t13-,14-/m0/s1. The van der Waals surface area contributed by atoms with Crippen LogP contribution in [-0.2, 0) is 14.3 Å². The SMILES string of the molecule is Cc1ccc(C)c(NC(=O)[C@H](C)OC(=O)[C@H](C)NC(=O)c2ccco2)c1. The Morgan fingerprint density at radius 1 is 1.12 bits per heavy atom. The van der Waals surface area contributed by atoms with Gasteiger partial charge in [0.25, 0.3) is 11.8 Å². The number of ether oxygens (including phenoxy) is 1. The molecule has 0 bridgehead atoms. The molecule has 1 aromatic heterocycles.